The molecule has 15 heavy (non-hydrogen) atoms. The van der Waals surface area contributed by atoms with Gasteiger partial charge >= 0.3 is 0 Å². The van der Waals surface area contributed by atoms with Gasteiger partial charge in [0.1, 0.15) is 0 Å². The molecule has 0 unspecified atom stereocenters. The van der Waals surface area contributed by atoms with E-state index in [0.717, 1.165) is 36.2 Å². The van der Waals surface area contributed by atoms with E-state index >= 15 is 0 Å². The van der Waals surface area contributed by atoms with Crippen molar-refractivity contribution in [2.24, 2.45) is 0 Å². The number of hydrogen-bond acceptors (Lipinski definition) is 2. The van der Waals surface area contributed by atoms with Crippen molar-refractivity contribution < 1.29 is 0 Å². The Morgan fingerprint density at radius 3 is 2.93 bits per heavy atom. The number of allylic oxidation sites excluding steroid dienone is 2. The number of halogens is 1. The van der Waals surface area contributed by atoms with E-state index in [9.17, 15) is 0 Å². The van der Waals surface area contributed by atoms with E-state index in [2.05, 4.69) is 11.4 Å². The van der Waals surface area contributed by atoms with E-state index < -0.39 is 0 Å². The van der Waals surface area contributed by atoms with Crippen molar-refractivity contribution in [2.45, 2.75) is 19.3 Å². The van der Waals surface area contributed by atoms with Crippen LogP contribution in [0, 0.1) is 11.3 Å². The molecular formula is C12H11ClN2. The molecule has 1 aromatic rings. The van der Waals surface area contributed by atoms with Gasteiger partial charge in [-0.2, -0.15) is 5.26 Å². The fourth-order valence-corrected chi connectivity index (χ4v) is 1.94. The Morgan fingerprint density at radius 1 is 1.33 bits per heavy atom. The minimum absolute atomic E-state index is 0.706. The molecule has 76 valence electrons. The molecule has 0 aromatic heterocycles. The van der Waals surface area contributed by atoms with Crippen LogP contribution >= 0.6 is 11.6 Å². The van der Waals surface area contributed by atoms with Crippen LogP contribution < -0.4 is 5.32 Å². The van der Waals surface area contributed by atoms with E-state index in [0.29, 0.717) is 5.02 Å². The van der Waals surface area contributed by atoms with Crippen molar-refractivity contribution in [1.29, 1.82) is 5.26 Å². The van der Waals surface area contributed by atoms with Gasteiger partial charge in [-0.3, -0.25) is 0 Å². The van der Waals surface area contributed by atoms with Gasteiger partial charge in [0, 0.05) is 22.0 Å². The highest BCUT2D eigenvalue weighted by Crippen LogP contribution is 2.27. The standard InChI is InChI=1S/C12H11ClN2/c13-10-4-2-5-11(7-10)15-12-6-1-3-9(12)8-14/h2,4-5,7,15H,1,3,6H2. The summed E-state index contributed by atoms with van der Waals surface area (Å²) in [7, 11) is 0. The molecule has 0 saturated heterocycles. The van der Waals surface area contributed by atoms with Crippen LogP contribution in [0.5, 0.6) is 0 Å². The van der Waals surface area contributed by atoms with Gasteiger partial charge in [0.15, 0.2) is 0 Å². The Balaban J connectivity index is 2.19. The second kappa shape index (κ2) is 4.37. The minimum Gasteiger partial charge on any atom is -0.358 e. The van der Waals surface area contributed by atoms with Gasteiger partial charge in [-0.05, 0) is 37.5 Å². The van der Waals surface area contributed by atoms with E-state index in [1.165, 1.54) is 0 Å². The number of anilines is 1. The lowest BCUT2D eigenvalue weighted by molar-refractivity contribution is 0.901. The molecule has 0 spiro atoms. The Bertz CT molecular complexity index is 443. The zero-order valence-corrected chi connectivity index (χ0v) is 9.01. The Kier molecular flexibility index (Phi) is 2.94. The second-order valence-corrected chi connectivity index (χ2v) is 3.99. The van der Waals surface area contributed by atoms with Crippen LogP contribution in [0.25, 0.3) is 0 Å². The summed E-state index contributed by atoms with van der Waals surface area (Å²) in [5.74, 6) is 0. The van der Waals surface area contributed by atoms with Crippen LogP contribution in [0.4, 0.5) is 5.69 Å². The van der Waals surface area contributed by atoms with E-state index in [1.807, 2.05) is 24.3 Å². The van der Waals surface area contributed by atoms with E-state index in [4.69, 9.17) is 16.9 Å². The summed E-state index contributed by atoms with van der Waals surface area (Å²) in [5, 5.41) is 12.9. The molecule has 2 rings (SSSR count). The molecule has 0 radical (unpaired) electrons. The fourth-order valence-electron chi connectivity index (χ4n) is 1.75. The van der Waals surface area contributed by atoms with Crippen molar-refractivity contribution in [1.82, 2.24) is 0 Å². The number of hydrogen-bond donors (Lipinski definition) is 1. The number of nitrogens with one attached hydrogen (secondary N) is 1. The Labute approximate surface area is 94.2 Å². The number of nitriles is 1. The summed E-state index contributed by atoms with van der Waals surface area (Å²) in [6.07, 6.45) is 2.90. The molecule has 1 aromatic carbocycles. The van der Waals surface area contributed by atoms with Crippen molar-refractivity contribution in [3.8, 4) is 6.07 Å². The van der Waals surface area contributed by atoms with Gasteiger partial charge in [0.2, 0.25) is 0 Å². The molecule has 0 bridgehead atoms. The Hall–Kier alpha value is -1.46. The third-order valence-electron chi connectivity index (χ3n) is 2.47. The summed E-state index contributed by atoms with van der Waals surface area (Å²) in [6.45, 7) is 0. The molecule has 0 amide bonds. The van der Waals surface area contributed by atoms with E-state index in [-0.39, 0.29) is 0 Å². The smallest absolute Gasteiger partial charge is 0.0965 e. The highest BCUT2D eigenvalue weighted by molar-refractivity contribution is 6.30. The molecule has 3 heteroatoms. The number of rotatable bonds is 2. The van der Waals surface area contributed by atoms with Gasteiger partial charge in [-0.1, -0.05) is 17.7 Å². The van der Waals surface area contributed by atoms with Gasteiger partial charge in [0.05, 0.1) is 6.07 Å². The maximum atomic E-state index is 8.90. The first-order valence-corrected chi connectivity index (χ1v) is 5.32. The molecule has 0 atom stereocenters. The Morgan fingerprint density at radius 2 is 2.20 bits per heavy atom. The third-order valence-corrected chi connectivity index (χ3v) is 2.71. The normalized spacial score (nSPS) is 15.2. The zero-order chi connectivity index (χ0) is 10.7. The van der Waals surface area contributed by atoms with Crippen LogP contribution in [0.3, 0.4) is 0 Å². The molecule has 0 fully saturated rings. The van der Waals surface area contributed by atoms with Crippen LogP contribution in [0.15, 0.2) is 35.5 Å². The maximum absolute atomic E-state index is 8.90. The second-order valence-electron chi connectivity index (χ2n) is 3.56. The van der Waals surface area contributed by atoms with Gasteiger partial charge in [-0.15, -0.1) is 0 Å². The predicted molar refractivity (Wildman–Crippen MR) is 61.6 cm³/mol. The van der Waals surface area contributed by atoms with Crippen molar-refractivity contribution in [3.63, 3.8) is 0 Å². The average molecular weight is 219 g/mol. The quantitative estimate of drug-likeness (QED) is 0.822. The average Bonchev–Trinajstić information content (AvgIpc) is 2.65. The maximum Gasteiger partial charge on any atom is 0.0965 e. The van der Waals surface area contributed by atoms with Crippen LogP contribution in [-0.4, -0.2) is 0 Å². The SMILES string of the molecule is N#CC1=C(Nc2cccc(Cl)c2)CCC1. The van der Waals surface area contributed by atoms with Gasteiger partial charge in [-0.25, -0.2) is 0 Å². The summed E-state index contributed by atoms with van der Waals surface area (Å²) < 4.78 is 0. The predicted octanol–water partition coefficient (Wildman–Crippen LogP) is 3.71. The topological polar surface area (TPSA) is 35.8 Å². The summed E-state index contributed by atoms with van der Waals surface area (Å²) in [5.41, 5.74) is 2.86. The molecule has 1 N–H and O–H groups in total. The van der Waals surface area contributed by atoms with Gasteiger partial charge < -0.3 is 5.32 Å². The summed E-state index contributed by atoms with van der Waals surface area (Å²) in [4.78, 5) is 0. The van der Waals surface area contributed by atoms with Gasteiger partial charge in [0.25, 0.3) is 0 Å². The lowest BCUT2D eigenvalue weighted by Gasteiger charge is -2.07. The van der Waals surface area contributed by atoms with Crippen molar-refractivity contribution in [3.05, 3.63) is 40.6 Å². The number of benzene rings is 1. The fraction of sp³-hybridized carbons (Fsp3) is 0.250. The molecule has 0 saturated carbocycles. The van der Waals surface area contributed by atoms with Crippen molar-refractivity contribution >= 4 is 17.3 Å². The van der Waals surface area contributed by atoms with E-state index in [1.54, 1.807) is 0 Å². The van der Waals surface area contributed by atoms with Crippen molar-refractivity contribution in [2.75, 3.05) is 5.32 Å². The largest absolute Gasteiger partial charge is 0.358 e. The lowest BCUT2D eigenvalue weighted by atomic mass is 10.2. The van der Waals surface area contributed by atoms with Crippen LogP contribution in [0.1, 0.15) is 19.3 Å². The summed E-state index contributed by atoms with van der Waals surface area (Å²) in [6, 6.07) is 9.78. The van der Waals surface area contributed by atoms with Crippen LogP contribution in [-0.2, 0) is 0 Å². The monoisotopic (exact) mass is 218 g/mol. The molecule has 0 aliphatic heterocycles. The minimum atomic E-state index is 0.706. The molecular weight excluding hydrogens is 208 g/mol. The first kappa shape index (κ1) is 10.1. The van der Waals surface area contributed by atoms with Crippen LogP contribution in [0.2, 0.25) is 5.02 Å². The first-order valence-electron chi connectivity index (χ1n) is 4.94. The first-order chi connectivity index (χ1) is 7.29. The molecule has 1 aliphatic carbocycles. The molecule has 0 heterocycles. The highest BCUT2D eigenvalue weighted by Gasteiger charge is 2.13. The lowest BCUT2D eigenvalue weighted by Crippen LogP contribution is -1.98. The zero-order valence-electron chi connectivity index (χ0n) is 8.26. The molecule has 1 aliphatic rings. The molecule has 2 nitrogen and oxygen atoms in total. The summed E-state index contributed by atoms with van der Waals surface area (Å²) >= 11 is 5.88. The number of nitrogens with zero attached hydrogens (tertiary/aromatic N) is 1. The third kappa shape index (κ3) is 2.31. The highest BCUT2D eigenvalue weighted by atomic mass is 35.5.